The Labute approximate surface area is 127 Å². The van der Waals surface area contributed by atoms with E-state index in [9.17, 15) is 4.79 Å². The summed E-state index contributed by atoms with van der Waals surface area (Å²) in [5.41, 5.74) is 1.33. The molecule has 0 aromatic heterocycles. The molecule has 0 aliphatic carbocycles. The van der Waals surface area contributed by atoms with E-state index in [-0.39, 0.29) is 5.92 Å². The fourth-order valence-corrected chi connectivity index (χ4v) is 2.87. The average Bonchev–Trinajstić information content (AvgIpc) is 2.94. The normalized spacial score (nSPS) is 19.6. The van der Waals surface area contributed by atoms with Crippen molar-refractivity contribution in [3.8, 4) is 11.8 Å². The van der Waals surface area contributed by atoms with E-state index in [1.54, 1.807) is 6.92 Å². The van der Waals surface area contributed by atoms with Crippen molar-refractivity contribution < 1.29 is 9.53 Å². The maximum atomic E-state index is 11.3. The molecule has 1 aromatic rings. The van der Waals surface area contributed by atoms with E-state index >= 15 is 0 Å². The van der Waals surface area contributed by atoms with Gasteiger partial charge in [0.2, 0.25) is 0 Å². The molecule has 2 rings (SSSR count). The van der Waals surface area contributed by atoms with E-state index in [1.807, 2.05) is 6.07 Å². The van der Waals surface area contributed by atoms with Gasteiger partial charge in [-0.15, -0.1) is 0 Å². The molecule has 1 aliphatic rings. The number of hydrogen-bond acceptors (Lipinski definition) is 3. The van der Waals surface area contributed by atoms with Gasteiger partial charge in [-0.25, -0.2) is 4.79 Å². The van der Waals surface area contributed by atoms with Crippen LogP contribution in [-0.4, -0.2) is 30.1 Å². The Hall–Kier alpha value is -1.79. The lowest BCUT2D eigenvalue weighted by Crippen LogP contribution is -2.33. The third-order valence-electron chi connectivity index (χ3n) is 3.90. The maximum absolute atomic E-state index is 11.3. The van der Waals surface area contributed by atoms with Gasteiger partial charge in [-0.2, -0.15) is 0 Å². The standard InChI is InChI=1S/C18H23NO2/c1-3-21-18(20)12-11-15(2)17-10-7-13-19(17)14-16-8-5-4-6-9-16/h4-6,8-9,15,17H,3,7,10,13-14H2,1-2H3/t15-,17+/m1/s1. The summed E-state index contributed by atoms with van der Waals surface area (Å²) < 4.78 is 4.85. The fraction of sp³-hybridized carbons (Fsp3) is 0.500. The zero-order valence-electron chi connectivity index (χ0n) is 12.8. The molecule has 0 bridgehead atoms. The predicted molar refractivity (Wildman–Crippen MR) is 83.4 cm³/mol. The minimum Gasteiger partial charge on any atom is -0.456 e. The van der Waals surface area contributed by atoms with E-state index in [4.69, 9.17) is 4.74 Å². The van der Waals surface area contributed by atoms with E-state index in [0.29, 0.717) is 12.6 Å². The Balaban J connectivity index is 1.96. The van der Waals surface area contributed by atoms with Gasteiger partial charge in [0, 0.05) is 24.4 Å². The first-order chi connectivity index (χ1) is 10.2. The molecule has 0 amide bonds. The monoisotopic (exact) mass is 285 g/mol. The van der Waals surface area contributed by atoms with Crippen LogP contribution in [0.25, 0.3) is 0 Å². The zero-order chi connectivity index (χ0) is 15.1. The van der Waals surface area contributed by atoms with Crippen LogP contribution < -0.4 is 0 Å². The molecule has 2 atom stereocenters. The first-order valence-electron chi connectivity index (χ1n) is 7.67. The van der Waals surface area contributed by atoms with Crippen LogP contribution in [-0.2, 0) is 16.1 Å². The number of carbonyl (C=O) groups is 1. The first kappa shape index (κ1) is 15.6. The summed E-state index contributed by atoms with van der Waals surface area (Å²) in [5, 5.41) is 0. The maximum Gasteiger partial charge on any atom is 0.384 e. The summed E-state index contributed by atoms with van der Waals surface area (Å²) >= 11 is 0. The highest BCUT2D eigenvalue weighted by atomic mass is 16.5. The molecule has 21 heavy (non-hydrogen) atoms. The molecule has 1 aliphatic heterocycles. The van der Waals surface area contributed by atoms with Gasteiger partial charge in [-0.05, 0) is 38.8 Å². The highest BCUT2D eigenvalue weighted by molar-refractivity contribution is 5.88. The van der Waals surface area contributed by atoms with Gasteiger partial charge in [0.05, 0.1) is 6.61 Å². The van der Waals surface area contributed by atoms with Crippen molar-refractivity contribution in [2.45, 2.75) is 39.3 Å². The minimum absolute atomic E-state index is 0.181. The Morgan fingerprint density at radius 1 is 1.43 bits per heavy atom. The van der Waals surface area contributed by atoms with Gasteiger partial charge in [-0.3, -0.25) is 4.90 Å². The Bertz CT molecular complexity index is 515. The van der Waals surface area contributed by atoms with Crippen LogP contribution in [0.3, 0.4) is 0 Å². The molecule has 3 nitrogen and oxygen atoms in total. The van der Waals surface area contributed by atoms with Crippen LogP contribution in [0, 0.1) is 17.8 Å². The number of benzene rings is 1. The summed E-state index contributed by atoms with van der Waals surface area (Å²) in [5.74, 6) is 5.43. The van der Waals surface area contributed by atoms with Crippen LogP contribution in [0.5, 0.6) is 0 Å². The van der Waals surface area contributed by atoms with Crippen molar-refractivity contribution >= 4 is 5.97 Å². The summed E-state index contributed by atoms with van der Waals surface area (Å²) in [6.45, 7) is 6.33. The average molecular weight is 285 g/mol. The van der Waals surface area contributed by atoms with Gasteiger partial charge in [0.1, 0.15) is 0 Å². The molecule has 1 heterocycles. The number of nitrogens with zero attached hydrogens (tertiary/aromatic N) is 1. The number of carbonyl (C=O) groups excluding carboxylic acids is 1. The van der Waals surface area contributed by atoms with Crippen molar-refractivity contribution in [1.82, 2.24) is 4.90 Å². The molecule has 112 valence electrons. The second-order valence-electron chi connectivity index (χ2n) is 5.44. The fourth-order valence-electron chi connectivity index (χ4n) is 2.87. The van der Waals surface area contributed by atoms with E-state index in [2.05, 4.69) is 47.9 Å². The van der Waals surface area contributed by atoms with Gasteiger partial charge < -0.3 is 4.74 Å². The molecule has 1 aromatic carbocycles. The van der Waals surface area contributed by atoms with Gasteiger partial charge >= 0.3 is 5.97 Å². The molecule has 0 radical (unpaired) electrons. The minimum atomic E-state index is -0.419. The third kappa shape index (κ3) is 4.61. The first-order valence-corrected chi connectivity index (χ1v) is 7.67. The molecular weight excluding hydrogens is 262 g/mol. The summed E-state index contributed by atoms with van der Waals surface area (Å²) in [7, 11) is 0. The van der Waals surface area contributed by atoms with E-state index in [1.165, 1.54) is 12.0 Å². The molecule has 0 N–H and O–H groups in total. The summed E-state index contributed by atoms with van der Waals surface area (Å²) in [6, 6.07) is 10.9. The largest absolute Gasteiger partial charge is 0.456 e. The van der Waals surface area contributed by atoms with Crippen LogP contribution in [0.4, 0.5) is 0 Å². The van der Waals surface area contributed by atoms with Crippen molar-refractivity contribution in [2.75, 3.05) is 13.2 Å². The molecule has 1 saturated heterocycles. The third-order valence-corrected chi connectivity index (χ3v) is 3.90. The SMILES string of the molecule is CCOC(=O)C#C[C@@H](C)[C@@H]1CCCN1Cc1ccccc1. The highest BCUT2D eigenvalue weighted by Gasteiger charge is 2.28. The number of esters is 1. The Kier molecular flexibility index (Phi) is 5.83. The number of hydrogen-bond donors (Lipinski definition) is 0. The molecule has 0 saturated carbocycles. The molecular formula is C18H23NO2. The van der Waals surface area contributed by atoms with Crippen LogP contribution >= 0.6 is 0 Å². The molecule has 3 heteroatoms. The van der Waals surface area contributed by atoms with Crippen molar-refractivity contribution in [3.05, 3.63) is 35.9 Å². The predicted octanol–water partition coefficient (Wildman–Crippen LogP) is 2.85. The number of ether oxygens (including phenoxy) is 1. The van der Waals surface area contributed by atoms with Crippen molar-refractivity contribution in [1.29, 1.82) is 0 Å². The van der Waals surface area contributed by atoms with Crippen LogP contribution in [0.1, 0.15) is 32.3 Å². The molecule has 0 unspecified atom stereocenters. The van der Waals surface area contributed by atoms with Gasteiger partial charge in [0.15, 0.2) is 0 Å². The second-order valence-corrected chi connectivity index (χ2v) is 5.44. The van der Waals surface area contributed by atoms with Crippen LogP contribution in [0.2, 0.25) is 0 Å². The van der Waals surface area contributed by atoms with Crippen LogP contribution in [0.15, 0.2) is 30.3 Å². The van der Waals surface area contributed by atoms with Gasteiger partial charge in [-0.1, -0.05) is 36.3 Å². The lowest BCUT2D eigenvalue weighted by atomic mass is 10.00. The lowest BCUT2D eigenvalue weighted by molar-refractivity contribution is -0.136. The topological polar surface area (TPSA) is 29.5 Å². The zero-order valence-corrected chi connectivity index (χ0v) is 12.8. The number of rotatable bonds is 4. The molecule has 1 fully saturated rings. The quantitative estimate of drug-likeness (QED) is 0.484. The Morgan fingerprint density at radius 2 is 2.19 bits per heavy atom. The number of likely N-dealkylation sites (tertiary alicyclic amines) is 1. The van der Waals surface area contributed by atoms with Crippen molar-refractivity contribution in [3.63, 3.8) is 0 Å². The smallest absolute Gasteiger partial charge is 0.384 e. The lowest BCUT2D eigenvalue weighted by Gasteiger charge is -2.27. The molecule has 0 spiro atoms. The summed E-state index contributed by atoms with van der Waals surface area (Å²) in [6.07, 6.45) is 2.34. The van der Waals surface area contributed by atoms with E-state index < -0.39 is 5.97 Å². The highest BCUT2D eigenvalue weighted by Crippen LogP contribution is 2.25. The van der Waals surface area contributed by atoms with Crippen molar-refractivity contribution in [2.24, 2.45) is 5.92 Å². The second kappa shape index (κ2) is 7.85. The van der Waals surface area contributed by atoms with Gasteiger partial charge in [0.25, 0.3) is 0 Å². The summed E-state index contributed by atoms with van der Waals surface area (Å²) in [4.78, 5) is 13.8. The van der Waals surface area contributed by atoms with E-state index in [0.717, 1.165) is 19.5 Å². The Morgan fingerprint density at radius 3 is 2.90 bits per heavy atom.